The van der Waals surface area contributed by atoms with E-state index in [1.807, 2.05) is 0 Å². The molecule has 0 saturated carbocycles. The van der Waals surface area contributed by atoms with Crippen molar-refractivity contribution in [3.63, 3.8) is 0 Å². The fourth-order valence-corrected chi connectivity index (χ4v) is 12.2. The number of benzene rings is 10. The molecular weight excluding hydrogens is 761 g/mol. The smallest absolute Gasteiger partial charge is 0.0660 e. The Kier molecular flexibility index (Phi) is 6.38. The van der Waals surface area contributed by atoms with Gasteiger partial charge in [0.1, 0.15) is 0 Å². The zero-order valence-corrected chi connectivity index (χ0v) is 34.2. The summed E-state index contributed by atoms with van der Waals surface area (Å²) in [5.74, 6) is 0. The molecule has 290 valence electrons. The van der Waals surface area contributed by atoms with Crippen LogP contribution in [0.25, 0.3) is 110 Å². The first kappa shape index (κ1) is 33.5. The van der Waals surface area contributed by atoms with Crippen LogP contribution in [0.5, 0.6) is 0 Å². The summed E-state index contributed by atoms with van der Waals surface area (Å²) in [5.41, 5.74) is 14.7. The van der Waals surface area contributed by atoms with Gasteiger partial charge in [0.25, 0.3) is 0 Å². The minimum atomic E-state index is -0.476. The van der Waals surface area contributed by atoms with E-state index in [9.17, 15) is 0 Å². The van der Waals surface area contributed by atoms with Crippen molar-refractivity contribution in [2.75, 3.05) is 0 Å². The second-order valence-corrected chi connectivity index (χ2v) is 17.6. The van der Waals surface area contributed by atoms with Crippen LogP contribution >= 0.6 is 0 Å². The van der Waals surface area contributed by atoms with Crippen LogP contribution in [0.3, 0.4) is 0 Å². The Morgan fingerprint density at radius 2 is 0.810 bits per heavy atom. The molecule has 2 heteroatoms. The second-order valence-electron chi connectivity index (χ2n) is 17.6. The first-order valence-electron chi connectivity index (χ1n) is 22.0. The maximum Gasteiger partial charge on any atom is 0.0660 e. The molecule has 2 heterocycles. The van der Waals surface area contributed by atoms with Crippen LogP contribution in [0, 0.1) is 0 Å². The predicted molar refractivity (Wildman–Crippen MR) is 265 cm³/mol. The van der Waals surface area contributed by atoms with E-state index >= 15 is 0 Å². The fraction of sp³-hybridized carbons (Fsp3) is 0.0164. The molecule has 3 aliphatic carbocycles. The lowest BCUT2D eigenvalue weighted by atomic mass is 9.67. The summed E-state index contributed by atoms with van der Waals surface area (Å²) in [6, 6.07) is 74.8. The molecule has 0 atom stereocenters. The highest BCUT2D eigenvalue weighted by Gasteiger charge is 2.48. The van der Waals surface area contributed by atoms with Gasteiger partial charge >= 0.3 is 0 Å². The summed E-state index contributed by atoms with van der Waals surface area (Å²) in [5, 5.41) is 15.4. The van der Waals surface area contributed by atoms with Crippen LogP contribution in [0.15, 0.2) is 218 Å². The monoisotopic (exact) mass is 796 g/mol. The van der Waals surface area contributed by atoms with Gasteiger partial charge in [-0.25, -0.2) is 0 Å². The van der Waals surface area contributed by atoms with Gasteiger partial charge in [0.05, 0.1) is 33.2 Å². The van der Waals surface area contributed by atoms with E-state index in [1.54, 1.807) is 0 Å². The van der Waals surface area contributed by atoms with Gasteiger partial charge in [0.2, 0.25) is 0 Å². The molecule has 0 bridgehead atoms. The third kappa shape index (κ3) is 4.18. The summed E-state index contributed by atoms with van der Waals surface area (Å²) < 4.78 is 4.97. The summed E-state index contributed by atoms with van der Waals surface area (Å²) in [7, 11) is 0. The molecule has 0 radical (unpaired) electrons. The number of aromatic nitrogens is 2. The molecule has 2 nitrogen and oxygen atoms in total. The number of allylic oxidation sites excluding steroid dienone is 4. The van der Waals surface area contributed by atoms with Crippen LogP contribution in [0.2, 0.25) is 0 Å². The van der Waals surface area contributed by atoms with Crippen molar-refractivity contribution in [2.45, 2.75) is 5.41 Å². The Morgan fingerprint density at radius 3 is 1.41 bits per heavy atom. The van der Waals surface area contributed by atoms with Gasteiger partial charge in [0.15, 0.2) is 0 Å². The summed E-state index contributed by atoms with van der Waals surface area (Å²) in [6.07, 6.45) is 7.48. The lowest BCUT2D eigenvalue weighted by molar-refractivity contribution is 0.857. The van der Waals surface area contributed by atoms with Crippen LogP contribution in [-0.4, -0.2) is 9.13 Å². The van der Waals surface area contributed by atoms with Crippen molar-refractivity contribution in [1.29, 1.82) is 0 Å². The standard InChI is InChI=1S/C61H36N2/c1-3-17-41-39(15-1)40-16-2-4-18-42(40)50-36-48-37(33-49(41)50)34-52-59(31-32-61(60(48)52)53-24-10-5-19-43(53)44-20-6-11-25-54(44)61)63-57-28-14-9-23-47(57)51-35-38(29-30-58(51)63)62-55-26-12-7-21-45(55)46-22-8-13-27-56(46)62/h1-36H. The Hall–Kier alpha value is -8.20. The minimum absolute atomic E-state index is 0.476. The molecule has 0 aliphatic heterocycles. The maximum absolute atomic E-state index is 2.54. The quantitative estimate of drug-likeness (QED) is 0.154. The number of rotatable bonds is 2. The molecule has 2 aromatic heterocycles. The lowest BCUT2D eigenvalue weighted by Gasteiger charge is -2.36. The third-order valence-corrected chi connectivity index (χ3v) is 14.6. The van der Waals surface area contributed by atoms with Gasteiger partial charge < -0.3 is 9.13 Å². The van der Waals surface area contributed by atoms with Crippen molar-refractivity contribution in [3.8, 4) is 16.8 Å². The Morgan fingerprint density at radius 1 is 0.349 bits per heavy atom. The number of hydrogen-bond acceptors (Lipinski definition) is 0. The van der Waals surface area contributed by atoms with Gasteiger partial charge in [-0.05, 0) is 131 Å². The van der Waals surface area contributed by atoms with Gasteiger partial charge in [0, 0.05) is 32.8 Å². The van der Waals surface area contributed by atoms with Crippen LogP contribution in [0.1, 0.15) is 11.1 Å². The number of hydrogen-bond donors (Lipinski definition) is 0. The number of nitrogens with zero attached hydrogens (tertiary/aromatic N) is 2. The van der Waals surface area contributed by atoms with E-state index in [4.69, 9.17) is 0 Å². The molecule has 0 saturated heterocycles. The van der Waals surface area contributed by atoms with Crippen molar-refractivity contribution < 1.29 is 0 Å². The Bertz CT molecular complexity index is 4160. The zero-order chi connectivity index (χ0) is 41.0. The van der Waals surface area contributed by atoms with Gasteiger partial charge in [-0.3, -0.25) is 0 Å². The van der Waals surface area contributed by atoms with Crippen molar-refractivity contribution in [2.24, 2.45) is 0 Å². The van der Waals surface area contributed by atoms with Gasteiger partial charge in [-0.1, -0.05) is 158 Å². The molecule has 63 heavy (non-hydrogen) atoms. The Balaban J connectivity index is 1.07. The van der Waals surface area contributed by atoms with Crippen molar-refractivity contribution in [1.82, 2.24) is 9.13 Å². The molecule has 15 rings (SSSR count). The fourth-order valence-electron chi connectivity index (χ4n) is 12.2. The van der Waals surface area contributed by atoms with Crippen LogP contribution in [0.4, 0.5) is 0 Å². The van der Waals surface area contributed by atoms with E-state index < -0.39 is 5.41 Å². The Labute approximate surface area is 362 Å². The second kappa shape index (κ2) is 12.0. The number of para-hydroxylation sites is 3. The molecule has 0 amide bonds. The lowest BCUT2D eigenvalue weighted by Crippen LogP contribution is -2.34. The van der Waals surface area contributed by atoms with E-state index in [2.05, 4.69) is 228 Å². The van der Waals surface area contributed by atoms with Gasteiger partial charge in [-0.2, -0.15) is 0 Å². The van der Waals surface area contributed by atoms with Gasteiger partial charge in [-0.15, -0.1) is 0 Å². The highest BCUT2D eigenvalue weighted by Crippen LogP contribution is 2.58. The molecule has 3 aliphatic rings. The molecular formula is C61H36N2. The van der Waals surface area contributed by atoms with E-state index in [1.165, 1.54) is 125 Å². The normalized spacial score (nSPS) is 14.8. The minimum Gasteiger partial charge on any atom is -0.309 e. The average molecular weight is 797 g/mol. The molecule has 0 N–H and O–H groups in total. The number of fused-ring (bicyclic) bond motifs is 20. The highest BCUT2D eigenvalue weighted by molar-refractivity contribution is 6.26. The van der Waals surface area contributed by atoms with Crippen LogP contribution in [-0.2, 0) is 5.41 Å². The van der Waals surface area contributed by atoms with E-state index in [0.29, 0.717) is 0 Å². The predicted octanol–water partition coefficient (Wildman–Crippen LogP) is 13.7. The maximum atomic E-state index is 2.54. The summed E-state index contributed by atoms with van der Waals surface area (Å²) in [6.45, 7) is 0. The largest absolute Gasteiger partial charge is 0.309 e. The van der Waals surface area contributed by atoms with Crippen LogP contribution < -0.4 is 10.4 Å². The molecule has 10 aromatic carbocycles. The average Bonchev–Trinajstić information content (AvgIpc) is 4.07. The van der Waals surface area contributed by atoms with Crippen molar-refractivity contribution in [3.05, 3.63) is 239 Å². The first-order chi connectivity index (χ1) is 31.3. The zero-order valence-electron chi connectivity index (χ0n) is 34.2. The topological polar surface area (TPSA) is 9.86 Å². The van der Waals surface area contributed by atoms with E-state index in [0.717, 1.165) is 5.69 Å². The molecule has 12 aromatic rings. The summed E-state index contributed by atoms with van der Waals surface area (Å²) >= 11 is 0. The van der Waals surface area contributed by atoms with Crippen molar-refractivity contribution >= 4 is 93.3 Å². The third-order valence-electron chi connectivity index (χ3n) is 14.6. The van der Waals surface area contributed by atoms with E-state index in [-0.39, 0.29) is 0 Å². The molecule has 1 spiro atoms. The molecule has 0 fully saturated rings. The summed E-state index contributed by atoms with van der Waals surface area (Å²) in [4.78, 5) is 0. The molecule has 0 unspecified atom stereocenters. The highest BCUT2D eigenvalue weighted by atomic mass is 15.0. The SMILES string of the molecule is C1=CC2(C3=c4cc5c6ccccc6c6ccccc6c5cc4=CC3=C1n1c3ccccc3c3cc(-n4c5ccccc5c5ccccc54)ccc31)c1ccccc1-c1ccccc12. The first-order valence-corrected chi connectivity index (χ1v) is 22.0.